The molecule has 0 radical (unpaired) electrons. The van der Waals surface area contributed by atoms with E-state index >= 15 is 0 Å². The number of rotatable bonds is 5. The topological polar surface area (TPSA) is 70.1 Å². The summed E-state index contributed by atoms with van der Waals surface area (Å²) in [5.41, 5.74) is 4.08. The first-order valence-electron chi connectivity index (χ1n) is 7.98. The van der Waals surface area contributed by atoms with Crippen LogP contribution in [0.5, 0.6) is 0 Å². The summed E-state index contributed by atoms with van der Waals surface area (Å²) in [7, 11) is 0. The first-order valence-corrected chi connectivity index (χ1v) is 8.77. The normalized spacial score (nSPS) is 18.6. The third kappa shape index (κ3) is 4.15. The van der Waals surface area contributed by atoms with Crippen molar-refractivity contribution in [2.75, 3.05) is 6.54 Å². The number of benzene rings is 1. The van der Waals surface area contributed by atoms with Gasteiger partial charge in [0.2, 0.25) is 5.91 Å². The van der Waals surface area contributed by atoms with Gasteiger partial charge in [0.15, 0.2) is 0 Å². The van der Waals surface area contributed by atoms with Gasteiger partial charge in [-0.05, 0) is 30.5 Å². The van der Waals surface area contributed by atoms with E-state index in [1.54, 1.807) is 6.07 Å². The summed E-state index contributed by atoms with van der Waals surface area (Å²) in [5, 5.41) is 9.15. The Balaban J connectivity index is 2.57. The van der Waals surface area contributed by atoms with Gasteiger partial charge in [-0.3, -0.25) is 9.69 Å². The third-order valence-corrected chi connectivity index (χ3v) is 5.27. The zero-order valence-corrected chi connectivity index (χ0v) is 15.1. The van der Waals surface area contributed by atoms with Crippen molar-refractivity contribution in [1.82, 2.24) is 4.90 Å². The van der Waals surface area contributed by atoms with Gasteiger partial charge in [0.05, 0.1) is 12.6 Å². The minimum absolute atomic E-state index is 0.0165. The molecule has 1 unspecified atom stereocenters. The minimum Gasteiger partial charge on any atom is -0.368 e. The average Bonchev–Trinajstić information content (AvgIpc) is 2.55. The standard InChI is InChI=1S/C17H19BrF3N3O/c18-13-6-4-12(5-7-13)14(17(19,20)21)24(11-10-22)16(15(23)25)8-2-1-3-9-16/h4-7,14H,1-3,8-9,11H2,(H2,23,25). The molecular weight excluding hydrogens is 399 g/mol. The summed E-state index contributed by atoms with van der Waals surface area (Å²) in [4.78, 5) is 13.2. The molecule has 0 heterocycles. The van der Waals surface area contributed by atoms with Crippen molar-refractivity contribution in [2.24, 2.45) is 5.73 Å². The van der Waals surface area contributed by atoms with Crippen LogP contribution in [0.15, 0.2) is 28.7 Å². The van der Waals surface area contributed by atoms with E-state index in [0.717, 1.165) is 11.3 Å². The van der Waals surface area contributed by atoms with Crippen molar-refractivity contribution in [3.63, 3.8) is 0 Å². The number of halogens is 4. The van der Waals surface area contributed by atoms with Crippen LogP contribution in [-0.4, -0.2) is 29.1 Å². The summed E-state index contributed by atoms with van der Waals surface area (Å²) < 4.78 is 42.5. The Kier molecular flexibility index (Phi) is 6.12. The molecule has 25 heavy (non-hydrogen) atoms. The van der Waals surface area contributed by atoms with Crippen molar-refractivity contribution >= 4 is 21.8 Å². The van der Waals surface area contributed by atoms with Crippen LogP contribution >= 0.6 is 15.9 Å². The molecule has 2 N–H and O–H groups in total. The molecule has 1 aromatic rings. The van der Waals surface area contributed by atoms with Crippen LogP contribution in [0.25, 0.3) is 0 Å². The Labute approximate surface area is 152 Å². The van der Waals surface area contributed by atoms with Gasteiger partial charge in [-0.25, -0.2) is 0 Å². The first kappa shape index (κ1) is 19.7. The highest BCUT2D eigenvalue weighted by molar-refractivity contribution is 9.10. The zero-order chi connectivity index (χ0) is 18.7. The second-order valence-corrected chi connectivity index (χ2v) is 7.15. The number of nitrogens with zero attached hydrogens (tertiary/aromatic N) is 2. The highest BCUT2D eigenvalue weighted by Gasteiger charge is 2.54. The summed E-state index contributed by atoms with van der Waals surface area (Å²) in [6.07, 6.45) is -2.14. The Bertz CT molecular complexity index is 649. The molecule has 1 fully saturated rings. The zero-order valence-electron chi connectivity index (χ0n) is 13.5. The second kappa shape index (κ2) is 7.75. The number of nitriles is 1. The summed E-state index contributed by atoms with van der Waals surface area (Å²) >= 11 is 3.20. The maximum absolute atomic E-state index is 14.0. The molecule has 2 rings (SSSR count). The van der Waals surface area contributed by atoms with Gasteiger partial charge in [0.25, 0.3) is 0 Å². The Morgan fingerprint density at radius 3 is 2.28 bits per heavy atom. The molecule has 8 heteroatoms. The molecule has 1 saturated carbocycles. The van der Waals surface area contributed by atoms with Crippen molar-refractivity contribution in [2.45, 2.75) is 49.9 Å². The van der Waals surface area contributed by atoms with Gasteiger partial charge in [-0.2, -0.15) is 18.4 Å². The molecule has 4 nitrogen and oxygen atoms in total. The van der Waals surface area contributed by atoms with Gasteiger partial charge < -0.3 is 5.73 Å². The Hall–Kier alpha value is -1.59. The highest BCUT2D eigenvalue weighted by Crippen LogP contribution is 2.45. The van der Waals surface area contributed by atoms with E-state index in [0.29, 0.717) is 17.3 Å². The predicted octanol–water partition coefficient (Wildman–Crippen LogP) is 4.07. The molecule has 0 saturated heterocycles. The fourth-order valence-electron chi connectivity index (χ4n) is 3.57. The van der Waals surface area contributed by atoms with Gasteiger partial charge in [-0.1, -0.05) is 47.3 Å². The van der Waals surface area contributed by atoms with E-state index in [4.69, 9.17) is 11.0 Å². The molecule has 0 aliphatic heterocycles. The van der Waals surface area contributed by atoms with Crippen LogP contribution in [0, 0.1) is 11.3 Å². The van der Waals surface area contributed by atoms with E-state index in [2.05, 4.69) is 15.9 Å². The number of hydrogen-bond donors (Lipinski definition) is 1. The van der Waals surface area contributed by atoms with Gasteiger partial charge in [0.1, 0.15) is 11.6 Å². The predicted molar refractivity (Wildman–Crippen MR) is 90.3 cm³/mol. The van der Waals surface area contributed by atoms with Crippen LogP contribution in [-0.2, 0) is 4.79 Å². The lowest BCUT2D eigenvalue weighted by Gasteiger charge is -2.47. The van der Waals surface area contributed by atoms with Crippen LogP contribution in [0.2, 0.25) is 0 Å². The third-order valence-electron chi connectivity index (χ3n) is 4.74. The fourth-order valence-corrected chi connectivity index (χ4v) is 3.83. The minimum atomic E-state index is -4.65. The summed E-state index contributed by atoms with van der Waals surface area (Å²) in [6.45, 7) is -0.525. The molecule has 1 aliphatic carbocycles. The smallest absolute Gasteiger partial charge is 0.368 e. The average molecular weight is 418 g/mol. The number of hydrogen-bond acceptors (Lipinski definition) is 3. The number of nitrogens with two attached hydrogens (primary N) is 1. The van der Waals surface area contributed by atoms with Crippen molar-refractivity contribution in [3.8, 4) is 6.07 Å². The van der Waals surface area contributed by atoms with Crippen molar-refractivity contribution < 1.29 is 18.0 Å². The lowest BCUT2D eigenvalue weighted by atomic mass is 9.78. The lowest BCUT2D eigenvalue weighted by molar-refractivity contribution is -0.203. The molecule has 0 aromatic heterocycles. The molecule has 1 amide bonds. The molecule has 1 aromatic carbocycles. The van der Waals surface area contributed by atoms with Crippen LogP contribution < -0.4 is 5.73 Å². The maximum atomic E-state index is 14.0. The van der Waals surface area contributed by atoms with Gasteiger partial charge in [-0.15, -0.1) is 0 Å². The van der Waals surface area contributed by atoms with E-state index in [9.17, 15) is 18.0 Å². The monoisotopic (exact) mass is 417 g/mol. The lowest BCUT2D eigenvalue weighted by Crippen LogP contribution is -2.61. The molecule has 1 atom stereocenters. The Morgan fingerprint density at radius 2 is 1.84 bits per heavy atom. The van der Waals surface area contributed by atoms with E-state index in [1.807, 2.05) is 0 Å². The SMILES string of the molecule is N#CCN(C(c1ccc(Br)cc1)C(F)(F)F)C1(C(N)=O)CCCCC1. The number of amides is 1. The second-order valence-electron chi connectivity index (χ2n) is 6.24. The van der Waals surface area contributed by atoms with Crippen LogP contribution in [0.4, 0.5) is 13.2 Å². The van der Waals surface area contributed by atoms with Crippen LogP contribution in [0.3, 0.4) is 0 Å². The molecular formula is C17H19BrF3N3O. The van der Waals surface area contributed by atoms with E-state index < -0.39 is 30.2 Å². The number of alkyl halides is 3. The highest BCUT2D eigenvalue weighted by atomic mass is 79.9. The van der Waals surface area contributed by atoms with Crippen molar-refractivity contribution in [1.29, 1.82) is 5.26 Å². The molecule has 136 valence electrons. The van der Waals surface area contributed by atoms with Gasteiger partial charge >= 0.3 is 6.18 Å². The fraction of sp³-hybridized carbons (Fsp3) is 0.529. The Morgan fingerprint density at radius 1 is 1.28 bits per heavy atom. The van der Waals surface area contributed by atoms with Crippen molar-refractivity contribution in [3.05, 3.63) is 34.3 Å². The molecule has 1 aliphatic rings. The van der Waals surface area contributed by atoms with Gasteiger partial charge in [0, 0.05) is 4.47 Å². The molecule has 0 spiro atoms. The summed E-state index contributed by atoms with van der Waals surface area (Å²) in [5.74, 6) is -0.797. The number of primary amides is 1. The molecule has 0 bridgehead atoms. The summed E-state index contributed by atoms with van der Waals surface area (Å²) in [6, 6.07) is 5.45. The first-order chi connectivity index (χ1) is 11.7. The largest absolute Gasteiger partial charge is 0.408 e. The quantitative estimate of drug-likeness (QED) is 0.734. The van der Waals surface area contributed by atoms with E-state index in [-0.39, 0.29) is 18.4 Å². The maximum Gasteiger partial charge on any atom is 0.408 e. The number of carbonyl (C=O) groups excluding carboxylic acids is 1. The van der Waals surface area contributed by atoms with Crippen LogP contribution in [0.1, 0.15) is 43.7 Å². The number of carbonyl (C=O) groups is 1. The van der Waals surface area contributed by atoms with E-state index in [1.165, 1.54) is 24.3 Å².